The van der Waals surface area contributed by atoms with E-state index >= 15 is 0 Å². The first-order valence-corrected chi connectivity index (χ1v) is 11.4. The van der Waals surface area contributed by atoms with Crippen LogP contribution in [0, 0.1) is 0 Å². The van der Waals surface area contributed by atoms with Gasteiger partial charge in [0.15, 0.2) is 0 Å². The zero-order chi connectivity index (χ0) is 21.3. The number of anilines is 1. The van der Waals surface area contributed by atoms with Crippen molar-refractivity contribution in [3.8, 4) is 16.9 Å². The summed E-state index contributed by atoms with van der Waals surface area (Å²) in [5.41, 5.74) is 4.83. The van der Waals surface area contributed by atoms with Gasteiger partial charge in [-0.05, 0) is 43.4 Å². The maximum atomic E-state index is 14.2. The molecule has 0 atom stereocenters. The minimum absolute atomic E-state index is 0.0408. The van der Waals surface area contributed by atoms with Crippen molar-refractivity contribution < 1.29 is 5.11 Å². The van der Waals surface area contributed by atoms with E-state index in [2.05, 4.69) is 23.5 Å². The van der Waals surface area contributed by atoms with Gasteiger partial charge in [0.2, 0.25) is 5.95 Å². The number of benzene rings is 2. The van der Waals surface area contributed by atoms with Gasteiger partial charge in [0.05, 0.1) is 16.9 Å². The van der Waals surface area contributed by atoms with E-state index in [-0.39, 0.29) is 17.6 Å². The van der Waals surface area contributed by atoms with E-state index in [9.17, 15) is 9.90 Å². The fourth-order valence-corrected chi connectivity index (χ4v) is 5.42. The van der Waals surface area contributed by atoms with Crippen LogP contribution in [-0.2, 0) is 11.8 Å². The Kier molecular flexibility index (Phi) is 5.36. The molecule has 5 nitrogen and oxygen atoms in total. The van der Waals surface area contributed by atoms with Crippen LogP contribution in [-0.4, -0.2) is 27.8 Å². The fourth-order valence-electron chi connectivity index (χ4n) is 5.42. The van der Waals surface area contributed by atoms with Gasteiger partial charge < -0.3 is 10.4 Å². The largest absolute Gasteiger partial charge is 0.396 e. The van der Waals surface area contributed by atoms with Crippen LogP contribution in [0.3, 0.4) is 0 Å². The zero-order valence-electron chi connectivity index (χ0n) is 17.8. The second-order valence-electron chi connectivity index (χ2n) is 8.81. The van der Waals surface area contributed by atoms with Crippen LogP contribution in [0.4, 0.5) is 5.95 Å². The van der Waals surface area contributed by atoms with Crippen molar-refractivity contribution in [2.75, 3.05) is 18.5 Å². The molecule has 1 spiro atoms. The quantitative estimate of drug-likeness (QED) is 0.604. The van der Waals surface area contributed by atoms with E-state index in [0.717, 1.165) is 54.6 Å². The molecular formula is C26H29N3O2. The van der Waals surface area contributed by atoms with Crippen LogP contribution in [0.5, 0.6) is 0 Å². The summed E-state index contributed by atoms with van der Waals surface area (Å²) in [6.45, 7) is 0.654. The molecule has 1 fully saturated rings. The summed E-state index contributed by atoms with van der Waals surface area (Å²) in [4.78, 5) is 19.3. The summed E-state index contributed by atoms with van der Waals surface area (Å²) in [5.74, 6) is 0.547. The van der Waals surface area contributed by atoms with Crippen molar-refractivity contribution in [3.63, 3.8) is 0 Å². The Labute approximate surface area is 182 Å². The zero-order valence-corrected chi connectivity index (χ0v) is 17.8. The molecule has 160 valence electrons. The smallest absolute Gasteiger partial charge is 0.263 e. The maximum Gasteiger partial charge on any atom is 0.263 e. The second kappa shape index (κ2) is 8.31. The highest BCUT2D eigenvalue weighted by atomic mass is 16.3. The number of hydrogen-bond acceptors (Lipinski definition) is 4. The van der Waals surface area contributed by atoms with Gasteiger partial charge in [0.1, 0.15) is 0 Å². The third kappa shape index (κ3) is 3.47. The number of para-hydroxylation sites is 1. The third-order valence-electron chi connectivity index (χ3n) is 6.86. The molecule has 0 unspecified atom stereocenters. The van der Waals surface area contributed by atoms with Crippen molar-refractivity contribution in [1.29, 1.82) is 0 Å². The molecule has 5 rings (SSSR count). The summed E-state index contributed by atoms with van der Waals surface area (Å²) >= 11 is 0. The van der Waals surface area contributed by atoms with Crippen LogP contribution in [0.1, 0.15) is 49.7 Å². The van der Waals surface area contributed by atoms with Crippen LogP contribution >= 0.6 is 0 Å². The van der Waals surface area contributed by atoms with E-state index in [4.69, 9.17) is 4.98 Å². The van der Waals surface area contributed by atoms with E-state index in [1.807, 2.05) is 36.4 Å². The second-order valence-corrected chi connectivity index (χ2v) is 8.81. The molecule has 0 aliphatic heterocycles. The highest BCUT2D eigenvalue weighted by Gasteiger charge is 2.43. The molecule has 2 aromatic carbocycles. The number of hydrogen-bond donors (Lipinski definition) is 2. The molecule has 1 aromatic heterocycles. The molecular weight excluding hydrogens is 386 g/mol. The van der Waals surface area contributed by atoms with Gasteiger partial charge in [-0.15, -0.1) is 0 Å². The van der Waals surface area contributed by atoms with Gasteiger partial charge in [-0.25, -0.2) is 9.55 Å². The average molecular weight is 416 g/mol. The lowest BCUT2D eigenvalue weighted by molar-refractivity contribution is 0.284. The summed E-state index contributed by atoms with van der Waals surface area (Å²) in [6, 6.07) is 18.2. The Balaban J connectivity index is 1.78. The topological polar surface area (TPSA) is 67.2 Å². The molecule has 1 heterocycles. The number of nitrogens with one attached hydrogen (secondary N) is 1. The molecule has 31 heavy (non-hydrogen) atoms. The van der Waals surface area contributed by atoms with Gasteiger partial charge in [0, 0.05) is 24.1 Å². The van der Waals surface area contributed by atoms with Crippen molar-refractivity contribution in [3.05, 3.63) is 76.1 Å². The van der Waals surface area contributed by atoms with Gasteiger partial charge in [0.25, 0.3) is 5.56 Å². The van der Waals surface area contributed by atoms with Crippen molar-refractivity contribution in [1.82, 2.24) is 9.55 Å². The Morgan fingerprint density at radius 3 is 2.52 bits per heavy atom. The molecule has 0 amide bonds. The maximum absolute atomic E-state index is 14.2. The first-order chi connectivity index (χ1) is 15.2. The van der Waals surface area contributed by atoms with Gasteiger partial charge >= 0.3 is 0 Å². The molecule has 0 bridgehead atoms. The third-order valence-corrected chi connectivity index (χ3v) is 6.86. The number of aliphatic hydroxyl groups is 1. The Bertz CT molecular complexity index is 1130. The Morgan fingerprint density at radius 1 is 1.00 bits per heavy atom. The van der Waals surface area contributed by atoms with E-state index in [0.29, 0.717) is 18.9 Å². The fraction of sp³-hybridized carbons (Fsp3) is 0.385. The van der Waals surface area contributed by atoms with E-state index in [1.165, 1.54) is 12.0 Å². The summed E-state index contributed by atoms with van der Waals surface area (Å²) < 4.78 is 1.74. The number of rotatable bonds is 5. The Hall–Kier alpha value is -2.92. The van der Waals surface area contributed by atoms with Gasteiger partial charge in [-0.3, -0.25) is 4.79 Å². The number of fused-ring (bicyclic) bond motifs is 4. The molecule has 2 aliphatic carbocycles. The monoisotopic (exact) mass is 415 g/mol. The lowest BCUT2D eigenvalue weighted by atomic mass is 9.62. The number of aliphatic hydroxyl groups excluding tert-OH is 1. The lowest BCUT2D eigenvalue weighted by Crippen LogP contribution is -2.43. The lowest BCUT2D eigenvalue weighted by Gasteiger charge is -2.42. The van der Waals surface area contributed by atoms with Crippen molar-refractivity contribution in [2.24, 2.45) is 0 Å². The van der Waals surface area contributed by atoms with E-state index < -0.39 is 0 Å². The molecule has 0 saturated heterocycles. The Morgan fingerprint density at radius 2 is 1.74 bits per heavy atom. The average Bonchev–Trinajstić information content (AvgIpc) is 2.80. The van der Waals surface area contributed by atoms with Gasteiger partial charge in [-0.2, -0.15) is 0 Å². The highest BCUT2D eigenvalue weighted by Crippen LogP contribution is 2.48. The molecule has 2 aliphatic rings. The summed E-state index contributed by atoms with van der Waals surface area (Å²) in [5, 5.41) is 12.6. The SMILES string of the molecule is O=c1c2c(nc(NCCCO)n1-c1ccccc1)-c1ccccc1CC21CCCCC1. The molecule has 5 heteroatoms. The van der Waals surface area contributed by atoms with Crippen LogP contribution < -0.4 is 10.9 Å². The van der Waals surface area contributed by atoms with Crippen LogP contribution in [0.25, 0.3) is 16.9 Å². The predicted molar refractivity (Wildman–Crippen MR) is 124 cm³/mol. The van der Waals surface area contributed by atoms with Crippen LogP contribution in [0.15, 0.2) is 59.4 Å². The minimum Gasteiger partial charge on any atom is -0.396 e. The van der Waals surface area contributed by atoms with Crippen LogP contribution in [0.2, 0.25) is 0 Å². The van der Waals surface area contributed by atoms with Crippen molar-refractivity contribution in [2.45, 2.75) is 50.4 Å². The predicted octanol–water partition coefficient (Wildman–Crippen LogP) is 4.45. The molecule has 0 radical (unpaired) electrons. The molecule has 2 N–H and O–H groups in total. The minimum atomic E-state index is -0.133. The normalized spacial score (nSPS) is 16.5. The standard InChI is InChI=1S/C26H29N3O2/c30-17-9-16-27-25-28-23-21-13-6-5-10-19(21)18-26(14-7-2-8-15-26)22(23)24(31)29(25)20-11-3-1-4-12-20/h1,3-6,10-13,30H,2,7-9,14-18H2,(H,27,28). The first kappa shape index (κ1) is 20.0. The number of nitrogens with zero attached hydrogens (tertiary/aromatic N) is 2. The molecule has 1 saturated carbocycles. The molecule has 3 aromatic rings. The first-order valence-electron chi connectivity index (χ1n) is 11.4. The van der Waals surface area contributed by atoms with Crippen molar-refractivity contribution >= 4 is 5.95 Å². The van der Waals surface area contributed by atoms with E-state index in [1.54, 1.807) is 4.57 Å². The summed E-state index contributed by atoms with van der Waals surface area (Å²) in [6.07, 6.45) is 7.14. The summed E-state index contributed by atoms with van der Waals surface area (Å²) in [7, 11) is 0. The number of aromatic nitrogens is 2. The highest BCUT2D eigenvalue weighted by molar-refractivity contribution is 5.73. The van der Waals surface area contributed by atoms with Gasteiger partial charge in [-0.1, -0.05) is 61.7 Å².